The third-order valence-electron chi connectivity index (χ3n) is 3.08. The predicted molar refractivity (Wildman–Crippen MR) is 66.7 cm³/mol. The Labute approximate surface area is 101 Å². The molecule has 1 fully saturated rings. The van der Waals surface area contributed by atoms with Crippen LogP contribution in [-0.2, 0) is 0 Å². The summed E-state index contributed by atoms with van der Waals surface area (Å²) in [5.74, 6) is 1.46. The molecule has 0 amide bonds. The minimum absolute atomic E-state index is 0.0166. The Morgan fingerprint density at radius 3 is 2.88 bits per heavy atom. The molecule has 1 aliphatic carbocycles. The summed E-state index contributed by atoms with van der Waals surface area (Å²) in [6.07, 6.45) is 2.40. The van der Waals surface area contributed by atoms with E-state index in [4.69, 9.17) is 5.73 Å². The van der Waals surface area contributed by atoms with Gasteiger partial charge in [-0.2, -0.15) is 4.98 Å². The molecule has 1 aliphatic rings. The smallest absolute Gasteiger partial charge is 0.243 e. The largest absolute Gasteiger partial charge is 0.391 e. The molecule has 0 spiro atoms. The van der Waals surface area contributed by atoms with Crippen LogP contribution in [0.25, 0.3) is 0 Å². The Hall–Kier alpha value is -1.30. The molecule has 1 saturated carbocycles. The monoisotopic (exact) mass is 239 g/mol. The molecule has 2 atom stereocenters. The van der Waals surface area contributed by atoms with Crippen molar-refractivity contribution in [3.05, 3.63) is 0 Å². The van der Waals surface area contributed by atoms with Gasteiger partial charge in [0.2, 0.25) is 11.9 Å². The fourth-order valence-electron chi connectivity index (χ4n) is 2.16. The van der Waals surface area contributed by atoms with E-state index in [1.54, 1.807) is 4.68 Å². The number of nitrogens with one attached hydrogen (secondary N) is 1. The van der Waals surface area contributed by atoms with Gasteiger partial charge in [-0.3, -0.25) is 0 Å². The molecule has 6 heteroatoms. The first-order valence-electron chi connectivity index (χ1n) is 6.22. The molecule has 0 saturated heterocycles. The Morgan fingerprint density at radius 1 is 1.53 bits per heavy atom. The van der Waals surface area contributed by atoms with Crippen molar-refractivity contribution in [2.45, 2.75) is 45.3 Å². The number of nitrogens with two attached hydrogens (primary N) is 1. The third kappa shape index (κ3) is 2.69. The van der Waals surface area contributed by atoms with Gasteiger partial charge in [0.25, 0.3) is 0 Å². The first-order chi connectivity index (χ1) is 8.08. The molecule has 1 aromatic heterocycles. The molecule has 0 bridgehead atoms. The van der Waals surface area contributed by atoms with Gasteiger partial charge in [-0.25, -0.2) is 4.68 Å². The standard InChI is InChI=1S/C11H21N5O/c1-7(2)6-13-11-14-10(12)16(15-11)8-4-3-5-9(8)17/h7-9,17H,3-6H2,1-2H3,(H3,12,13,14,15). The van der Waals surface area contributed by atoms with Crippen molar-refractivity contribution in [3.8, 4) is 0 Å². The second kappa shape index (κ2) is 4.91. The number of anilines is 2. The van der Waals surface area contributed by atoms with E-state index in [0.29, 0.717) is 17.8 Å². The van der Waals surface area contributed by atoms with E-state index in [-0.39, 0.29) is 12.1 Å². The summed E-state index contributed by atoms with van der Waals surface area (Å²) in [7, 11) is 0. The van der Waals surface area contributed by atoms with Crippen LogP contribution < -0.4 is 11.1 Å². The van der Waals surface area contributed by atoms with E-state index in [2.05, 4.69) is 29.2 Å². The van der Waals surface area contributed by atoms with E-state index in [1.165, 1.54) is 0 Å². The van der Waals surface area contributed by atoms with E-state index in [1.807, 2.05) is 0 Å². The van der Waals surface area contributed by atoms with E-state index in [9.17, 15) is 5.11 Å². The molecule has 2 rings (SSSR count). The van der Waals surface area contributed by atoms with E-state index < -0.39 is 0 Å². The highest BCUT2D eigenvalue weighted by Gasteiger charge is 2.29. The van der Waals surface area contributed by atoms with Crippen molar-refractivity contribution in [2.24, 2.45) is 5.92 Å². The minimum atomic E-state index is -0.350. The van der Waals surface area contributed by atoms with Crippen molar-refractivity contribution >= 4 is 11.9 Å². The molecule has 6 nitrogen and oxygen atoms in total. The number of hydrogen-bond acceptors (Lipinski definition) is 5. The lowest BCUT2D eigenvalue weighted by molar-refractivity contribution is 0.131. The lowest BCUT2D eigenvalue weighted by Crippen LogP contribution is -2.21. The molecule has 4 N–H and O–H groups in total. The number of hydrogen-bond donors (Lipinski definition) is 3. The van der Waals surface area contributed by atoms with Crippen molar-refractivity contribution in [2.75, 3.05) is 17.6 Å². The van der Waals surface area contributed by atoms with Crippen LogP contribution in [0.2, 0.25) is 0 Å². The Balaban J connectivity index is 2.07. The van der Waals surface area contributed by atoms with Crippen molar-refractivity contribution < 1.29 is 5.11 Å². The van der Waals surface area contributed by atoms with Gasteiger partial charge >= 0.3 is 0 Å². The first kappa shape index (κ1) is 12.2. The van der Waals surface area contributed by atoms with E-state index >= 15 is 0 Å². The second-order valence-corrected chi connectivity index (χ2v) is 5.08. The van der Waals surface area contributed by atoms with Gasteiger partial charge in [0.05, 0.1) is 12.1 Å². The summed E-state index contributed by atoms with van der Waals surface area (Å²) in [5, 5.41) is 17.3. The zero-order valence-electron chi connectivity index (χ0n) is 10.4. The fraction of sp³-hybridized carbons (Fsp3) is 0.818. The Kier molecular flexibility index (Phi) is 3.51. The highest BCUT2D eigenvalue weighted by atomic mass is 16.3. The first-order valence-corrected chi connectivity index (χ1v) is 6.22. The second-order valence-electron chi connectivity index (χ2n) is 5.08. The Morgan fingerprint density at radius 2 is 2.29 bits per heavy atom. The average Bonchev–Trinajstić information content (AvgIpc) is 2.81. The zero-order chi connectivity index (χ0) is 12.4. The summed E-state index contributed by atoms with van der Waals surface area (Å²) in [6.45, 7) is 5.05. The van der Waals surface area contributed by atoms with Gasteiger partial charge in [0, 0.05) is 6.54 Å². The van der Waals surface area contributed by atoms with Gasteiger partial charge in [-0.05, 0) is 25.2 Å². The van der Waals surface area contributed by atoms with Crippen molar-refractivity contribution in [3.63, 3.8) is 0 Å². The van der Waals surface area contributed by atoms with E-state index in [0.717, 1.165) is 25.8 Å². The molecule has 1 heterocycles. The quantitative estimate of drug-likeness (QED) is 0.729. The minimum Gasteiger partial charge on any atom is -0.391 e. The normalized spacial score (nSPS) is 24.5. The average molecular weight is 239 g/mol. The third-order valence-corrected chi connectivity index (χ3v) is 3.08. The molecule has 2 unspecified atom stereocenters. The molecule has 0 aliphatic heterocycles. The predicted octanol–water partition coefficient (Wildman–Crippen LogP) is 1.01. The summed E-state index contributed by atoms with van der Waals surface area (Å²) in [5.41, 5.74) is 5.83. The number of nitrogen functional groups attached to an aromatic ring is 1. The van der Waals surface area contributed by atoms with Crippen molar-refractivity contribution in [1.29, 1.82) is 0 Å². The Bertz CT molecular complexity index is 376. The topological polar surface area (TPSA) is 89.0 Å². The van der Waals surface area contributed by atoms with Crippen LogP contribution in [0.15, 0.2) is 0 Å². The van der Waals surface area contributed by atoms with Gasteiger partial charge in [-0.1, -0.05) is 13.8 Å². The highest BCUT2D eigenvalue weighted by molar-refractivity contribution is 5.32. The SMILES string of the molecule is CC(C)CNc1nc(N)n(C2CCCC2O)n1. The highest BCUT2D eigenvalue weighted by Crippen LogP contribution is 2.31. The number of aliphatic hydroxyl groups is 1. The number of aliphatic hydroxyl groups excluding tert-OH is 1. The summed E-state index contributed by atoms with van der Waals surface area (Å²) < 4.78 is 1.65. The molecular weight excluding hydrogens is 218 g/mol. The van der Waals surface area contributed by atoms with Crippen molar-refractivity contribution in [1.82, 2.24) is 14.8 Å². The number of aromatic nitrogens is 3. The molecule has 96 valence electrons. The van der Waals surface area contributed by atoms with Crippen LogP contribution in [0.3, 0.4) is 0 Å². The summed E-state index contributed by atoms with van der Waals surface area (Å²) in [6, 6.07) is -0.0166. The van der Waals surface area contributed by atoms with Gasteiger partial charge < -0.3 is 16.2 Å². The fourth-order valence-corrected chi connectivity index (χ4v) is 2.16. The van der Waals surface area contributed by atoms with Crippen LogP contribution in [0.5, 0.6) is 0 Å². The zero-order valence-corrected chi connectivity index (χ0v) is 10.4. The van der Waals surface area contributed by atoms with Gasteiger partial charge in [0.1, 0.15) is 0 Å². The summed E-state index contributed by atoms with van der Waals surface area (Å²) >= 11 is 0. The van der Waals surface area contributed by atoms with Gasteiger partial charge in [0.15, 0.2) is 0 Å². The maximum absolute atomic E-state index is 9.83. The maximum atomic E-state index is 9.83. The summed E-state index contributed by atoms with van der Waals surface area (Å²) in [4.78, 5) is 4.17. The lowest BCUT2D eigenvalue weighted by atomic mass is 10.2. The van der Waals surface area contributed by atoms with Crippen LogP contribution in [0.4, 0.5) is 11.9 Å². The molecule has 0 aromatic carbocycles. The van der Waals surface area contributed by atoms with Crippen LogP contribution in [0.1, 0.15) is 39.2 Å². The van der Waals surface area contributed by atoms with Crippen LogP contribution in [0, 0.1) is 5.92 Å². The molecule has 1 aromatic rings. The molecular formula is C11H21N5O. The molecule has 0 radical (unpaired) electrons. The molecule has 17 heavy (non-hydrogen) atoms. The number of rotatable bonds is 4. The van der Waals surface area contributed by atoms with Gasteiger partial charge in [-0.15, -0.1) is 5.10 Å². The van der Waals surface area contributed by atoms with Crippen LogP contribution >= 0.6 is 0 Å². The maximum Gasteiger partial charge on any atom is 0.243 e. The number of nitrogens with zero attached hydrogens (tertiary/aromatic N) is 3. The van der Waals surface area contributed by atoms with Crippen LogP contribution in [-0.4, -0.2) is 32.5 Å². The lowest BCUT2D eigenvalue weighted by Gasteiger charge is -2.15.